The first-order valence-corrected chi connectivity index (χ1v) is 8.32. The number of fused-ring (bicyclic) bond motifs is 1. The first-order valence-electron chi connectivity index (χ1n) is 8.32. The lowest BCUT2D eigenvalue weighted by molar-refractivity contribution is -0.124. The summed E-state index contributed by atoms with van der Waals surface area (Å²) in [6.45, 7) is 8.47. The van der Waals surface area contributed by atoms with Crippen LogP contribution in [0.1, 0.15) is 76.5 Å². The van der Waals surface area contributed by atoms with E-state index in [1.807, 2.05) is 6.07 Å². The minimum Gasteiger partial charge on any atom is -0.393 e. The van der Waals surface area contributed by atoms with Gasteiger partial charge in [0.2, 0.25) is 5.91 Å². The first-order chi connectivity index (χ1) is 10.3. The Morgan fingerprint density at radius 3 is 2.55 bits per heavy atom. The molecule has 2 N–H and O–H groups in total. The molecule has 0 heterocycles. The number of rotatable bonds is 4. The molecule has 0 radical (unpaired) electrons. The van der Waals surface area contributed by atoms with Crippen molar-refractivity contribution in [3.05, 3.63) is 35.4 Å². The minimum atomic E-state index is -0.572. The summed E-state index contributed by atoms with van der Waals surface area (Å²) in [6, 6.07) is 8.45. The maximum Gasteiger partial charge on any atom is 0.223 e. The van der Waals surface area contributed by atoms with Gasteiger partial charge in [0.15, 0.2) is 0 Å². The highest BCUT2D eigenvalue weighted by Gasteiger charge is 2.26. The van der Waals surface area contributed by atoms with E-state index in [-0.39, 0.29) is 23.8 Å². The Hall–Kier alpha value is -1.35. The number of benzene rings is 1. The predicted octanol–water partition coefficient (Wildman–Crippen LogP) is 3.93. The fourth-order valence-electron chi connectivity index (χ4n) is 3.40. The highest BCUT2D eigenvalue weighted by molar-refractivity contribution is 5.77. The second-order valence-electron chi connectivity index (χ2n) is 7.85. The molecule has 3 atom stereocenters. The second kappa shape index (κ2) is 6.82. The summed E-state index contributed by atoms with van der Waals surface area (Å²) in [5.74, 6) is 0.502. The Morgan fingerprint density at radius 2 is 1.91 bits per heavy atom. The van der Waals surface area contributed by atoms with Crippen LogP contribution in [0.15, 0.2) is 24.3 Å². The summed E-state index contributed by atoms with van der Waals surface area (Å²) in [4.78, 5) is 12.2. The molecule has 0 saturated heterocycles. The summed E-state index contributed by atoms with van der Waals surface area (Å²) in [5, 5.41) is 13.2. The summed E-state index contributed by atoms with van der Waals surface area (Å²) in [5.41, 5.74) is 2.61. The molecule has 1 aliphatic rings. The first kappa shape index (κ1) is 17.0. The zero-order chi connectivity index (χ0) is 16.3. The molecule has 0 saturated carbocycles. The Kier molecular flexibility index (Phi) is 5.28. The van der Waals surface area contributed by atoms with E-state index in [0.717, 1.165) is 12.8 Å². The monoisotopic (exact) mass is 303 g/mol. The van der Waals surface area contributed by atoms with E-state index in [4.69, 9.17) is 0 Å². The molecule has 0 bridgehead atoms. The molecular weight excluding hydrogens is 274 g/mol. The van der Waals surface area contributed by atoms with Crippen molar-refractivity contribution in [2.75, 3.05) is 0 Å². The second-order valence-corrected chi connectivity index (χ2v) is 7.85. The summed E-state index contributed by atoms with van der Waals surface area (Å²) < 4.78 is 0. The van der Waals surface area contributed by atoms with Crippen LogP contribution in [0.25, 0.3) is 0 Å². The number of hydrogen-bond donors (Lipinski definition) is 2. The SMILES string of the molecule is CC1CCC(NC(=O)CC(O)CC(C)(C)C)c2ccccc21. The largest absolute Gasteiger partial charge is 0.393 e. The van der Waals surface area contributed by atoms with Crippen molar-refractivity contribution in [3.63, 3.8) is 0 Å². The zero-order valence-corrected chi connectivity index (χ0v) is 14.2. The van der Waals surface area contributed by atoms with Gasteiger partial charge in [-0.05, 0) is 41.7 Å². The van der Waals surface area contributed by atoms with Gasteiger partial charge in [0.05, 0.1) is 18.6 Å². The average molecular weight is 303 g/mol. The lowest BCUT2D eigenvalue weighted by Crippen LogP contribution is -2.34. The van der Waals surface area contributed by atoms with Gasteiger partial charge in [-0.15, -0.1) is 0 Å². The minimum absolute atomic E-state index is 0.0343. The molecule has 22 heavy (non-hydrogen) atoms. The van der Waals surface area contributed by atoms with E-state index in [1.165, 1.54) is 11.1 Å². The van der Waals surface area contributed by atoms with Crippen LogP contribution in [0.4, 0.5) is 0 Å². The van der Waals surface area contributed by atoms with Gasteiger partial charge >= 0.3 is 0 Å². The Balaban J connectivity index is 1.97. The molecule has 1 aromatic rings. The van der Waals surface area contributed by atoms with Crippen LogP contribution in [-0.2, 0) is 4.79 Å². The van der Waals surface area contributed by atoms with E-state index in [0.29, 0.717) is 12.3 Å². The number of carbonyl (C=O) groups is 1. The maximum absolute atomic E-state index is 12.2. The Bertz CT molecular complexity index is 518. The van der Waals surface area contributed by atoms with Crippen molar-refractivity contribution in [1.82, 2.24) is 5.32 Å². The van der Waals surface area contributed by atoms with Crippen LogP contribution in [0.3, 0.4) is 0 Å². The van der Waals surface area contributed by atoms with E-state index < -0.39 is 6.10 Å². The molecule has 0 spiro atoms. The van der Waals surface area contributed by atoms with E-state index in [9.17, 15) is 9.90 Å². The molecule has 1 aromatic carbocycles. The van der Waals surface area contributed by atoms with Gasteiger partial charge in [-0.3, -0.25) is 4.79 Å². The fourth-order valence-corrected chi connectivity index (χ4v) is 3.40. The van der Waals surface area contributed by atoms with Gasteiger partial charge < -0.3 is 10.4 Å². The van der Waals surface area contributed by atoms with Crippen LogP contribution >= 0.6 is 0 Å². The third kappa shape index (κ3) is 4.57. The number of hydrogen-bond acceptors (Lipinski definition) is 2. The summed E-state index contributed by atoms with van der Waals surface area (Å²) >= 11 is 0. The molecule has 0 aliphatic heterocycles. The lowest BCUT2D eigenvalue weighted by Gasteiger charge is -2.30. The highest BCUT2D eigenvalue weighted by atomic mass is 16.3. The van der Waals surface area contributed by atoms with Gasteiger partial charge in [-0.1, -0.05) is 52.0 Å². The van der Waals surface area contributed by atoms with Crippen LogP contribution in [0.5, 0.6) is 0 Å². The van der Waals surface area contributed by atoms with Crippen molar-refractivity contribution in [2.45, 2.75) is 71.4 Å². The predicted molar refractivity (Wildman–Crippen MR) is 89.7 cm³/mol. The van der Waals surface area contributed by atoms with Crippen LogP contribution < -0.4 is 5.32 Å². The van der Waals surface area contributed by atoms with Crippen molar-refractivity contribution >= 4 is 5.91 Å². The highest BCUT2D eigenvalue weighted by Crippen LogP contribution is 2.37. The summed E-state index contributed by atoms with van der Waals surface area (Å²) in [6.07, 6.45) is 2.31. The lowest BCUT2D eigenvalue weighted by atomic mass is 9.81. The number of aliphatic hydroxyl groups excluding tert-OH is 1. The number of amides is 1. The smallest absolute Gasteiger partial charge is 0.223 e. The van der Waals surface area contributed by atoms with E-state index >= 15 is 0 Å². The molecular formula is C19H29NO2. The number of carbonyl (C=O) groups excluding carboxylic acids is 1. The van der Waals surface area contributed by atoms with Crippen LogP contribution in [0.2, 0.25) is 0 Å². The van der Waals surface area contributed by atoms with Crippen molar-refractivity contribution < 1.29 is 9.90 Å². The number of nitrogens with one attached hydrogen (secondary N) is 1. The quantitative estimate of drug-likeness (QED) is 0.885. The van der Waals surface area contributed by atoms with Gasteiger partial charge in [-0.25, -0.2) is 0 Å². The van der Waals surface area contributed by atoms with Crippen LogP contribution in [-0.4, -0.2) is 17.1 Å². The molecule has 3 nitrogen and oxygen atoms in total. The van der Waals surface area contributed by atoms with Crippen molar-refractivity contribution in [2.24, 2.45) is 5.41 Å². The number of aliphatic hydroxyl groups is 1. The average Bonchev–Trinajstić information content (AvgIpc) is 2.40. The standard InChI is InChI=1S/C19H29NO2/c1-13-9-10-17(16-8-6-5-7-15(13)16)20-18(22)11-14(21)12-19(2,3)4/h5-8,13-14,17,21H,9-12H2,1-4H3,(H,20,22). The molecule has 122 valence electrons. The van der Waals surface area contributed by atoms with E-state index in [2.05, 4.69) is 51.2 Å². The fraction of sp³-hybridized carbons (Fsp3) is 0.632. The molecule has 1 amide bonds. The molecule has 1 aliphatic carbocycles. The molecule has 0 fully saturated rings. The van der Waals surface area contributed by atoms with Crippen molar-refractivity contribution in [3.8, 4) is 0 Å². The molecule has 0 aromatic heterocycles. The van der Waals surface area contributed by atoms with Gasteiger partial charge in [0.1, 0.15) is 0 Å². The zero-order valence-electron chi connectivity index (χ0n) is 14.2. The summed E-state index contributed by atoms with van der Waals surface area (Å²) in [7, 11) is 0. The Morgan fingerprint density at radius 1 is 1.27 bits per heavy atom. The molecule has 2 rings (SSSR count). The van der Waals surface area contributed by atoms with Gasteiger partial charge in [-0.2, -0.15) is 0 Å². The molecule has 3 unspecified atom stereocenters. The third-order valence-electron chi connectivity index (χ3n) is 4.39. The maximum atomic E-state index is 12.2. The Labute approximate surface area is 134 Å². The topological polar surface area (TPSA) is 49.3 Å². The van der Waals surface area contributed by atoms with Gasteiger partial charge in [0, 0.05) is 0 Å². The molecule has 3 heteroatoms. The van der Waals surface area contributed by atoms with E-state index in [1.54, 1.807) is 0 Å². The van der Waals surface area contributed by atoms with Gasteiger partial charge in [0.25, 0.3) is 0 Å². The normalized spacial score (nSPS) is 22.8. The van der Waals surface area contributed by atoms with Crippen LogP contribution in [0, 0.1) is 5.41 Å². The third-order valence-corrected chi connectivity index (χ3v) is 4.39. The van der Waals surface area contributed by atoms with Crippen molar-refractivity contribution in [1.29, 1.82) is 0 Å².